The number of hydrogen-bond acceptors (Lipinski definition) is 2. The highest BCUT2D eigenvalue weighted by molar-refractivity contribution is 5.29. The van der Waals surface area contributed by atoms with Crippen LogP contribution in [-0.2, 0) is 12.0 Å². The molecule has 0 heterocycles. The molecule has 2 rings (SSSR count). The van der Waals surface area contributed by atoms with Gasteiger partial charge in [-0.1, -0.05) is 37.6 Å². The van der Waals surface area contributed by atoms with Crippen LogP contribution in [0.25, 0.3) is 0 Å². The van der Waals surface area contributed by atoms with E-state index in [9.17, 15) is 5.11 Å². The second kappa shape index (κ2) is 5.19. The van der Waals surface area contributed by atoms with E-state index in [4.69, 9.17) is 5.73 Å². The van der Waals surface area contributed by atoms with Gasteiger partial charge >= 0.3 is 0 Å². The van der Waals surface area contributed by atoms with Crippen molar-refractivity contribution in [3.63, 3.8) is 0 Å². The minimum Gasteiger partial charge on any atom is -0.385 e. The highest BCUT2D eigenvalue weighted by Crippen LogP contribution is 2.36. The van der Waals surface area contributed by atoms with E-state index >= 15 is 0 Å². The topological polar surface area (TPSA) is 46.2 Å². The van der Waals surface area contributed by atoms with Gasteiger partial charge in [0, 0.05) is 6.04 Å². The minimum absolute atomic E-state index is 0.272. The third-order valence-electron chi connectivity index (χ3n) is 3.86. The molecule has 2 heteroatoms. The quantitative estimate of drug-likeness (QED) is 0.843. The van der Waals surface area contributed by atoms with Crippen LogP contribution in [0.4, 0.5) is 0 Å². The van der Waals surface area contributed by atoms with Crippen LogP contribution in [0.1, 0.15) is 50.2 Å². The number of rotatable bonds is 3. The van der Waals surface area contributed by atoms with Crippen molar-refractivity contribution in [2.24, 2.45) is 5.73 Å². The minimum atomic E-state index is -0.639. The summed E-state index contributed by atoms with van der Waals surface area (Å²) >= 11 is 0. The molecule has 0 spiro atoms. The van der Waals surface area contributed by atoms with Gasteiger partial charge in [-0.05, 0) is 43.2 Å². The van der Waals surface area contributed by atoms with Gasteiger partial charge < -0.3 is 10.8 Å². The first-order valence-corrected chi connectivity index (χ1v) is 6.71. The predicted octanol–water partition coefficient (Wildman–Crippen LogP) is 2.73. The molecular formula is C15H23NO. The van der Waals surface area contributed by atoms with Crippen LogP contribution in [-0.4, -0.2) is 11.1 Å². The van der Waals surface area contributed by atoms with Gasteiger partial charge in [-0.2, -0.15) is 0 Å². The maximum atomic E-state index is 10.7. The zero-order valence-electron chi connectivity index (χ0n) is 10.7. The van der Waals surface area contributed by atoms with Gasteiger partial charge in [0.1, 0.15) is 0 Å². The Kier molecular flexibility index (Phi) is 3.85. The number of nitrogens with two attached hydrogens (primary N) is 1. The van der Waals surface area contributed by atoms with Crippen LogP contribution in [0.2, 0.25) is 0 Å². The van der Waals surface area contributed by atoms with Crippen molar-refractivity contribution in [1.82, 2.24) is 0 Å². The Hall–Kier alpha value is -0.860. The van der Waals surface area contributed by atoms with Crippen LogP contribution in [0.3, 0.4) is 0 Å². The van der Waals surface area contributed by atoms with Gasteiger partial charge in [-0.15, -0.1) is 0 Å². The van der Waals surface area contributed by atoms with Gasteiger partial charge in [0.05, 0.1) is 5.60 Å². The zero-order valence-corrected chi connectivity index (χ0v) is 10.7. The fourth-order valence-electron chi connectivity index (χ4n) is 2.71. The summed E-state index contributed by atoms with van der Waals surface area (Å²) < 4.78 is 0. The molecular weight excluding hydrogens is 210 g/mol. The van der Waals surface area contributed by atoms with Crippen molar-refractivity contribution in [3.8, 4) is 0 Å². The lowest BCUT2D eigenvalue weighted by Gasteiger charge is -2.35. The number of benzene rings is 1. The van der Waals surface area contributed by atoms with E-state index in [0.717, 1.165) is 44.1 Å². The summed E-state index contributed by atoms with van der Waals surface area (Å²) in [4.78, 5) is 0. The maximum absolute atomic E-state index is 10.7. The Morgan fingerprint density at radius 3 is 2.71 bits per heavy atom. The predicted molar refractivity (Wildman–Crippen MR) is 70.8 cm³/mol. The van der Waals surface area contributed by atoms with E-state index in [-0.39, 0.29) is 6.04 Å². The Balaban J connectivity index is 2.17. The van der Waals surface area contributed by atoms with E-state index < -0.39 is 5.60 Å². The largest absolute Gasteiger partial charge is 0.385 e. The Bertz CT molecular complexity index is 367. The van der Waals surface area contributed by atoms with Crippen molar-refractivity contribution in [2.75, 3.05) is 0 Å². The fraction of sp³-hybridized carbons (Fsp3) is 0.600. The molecule has 3 N–H and O–H groups in total. The highest BCUT2D eigenvalue weighted by atomic mass is 16.3. The molecule has 0 atom stereocenters. The van der Waals surface area contributed by atoms with Crippen LogP contribution in [0.5, 0.6) is 0 Å². The first-order chi connectivity index (χ1) is 8.14. The Labute approximate surface area is 104 Å². The summed E-state index contributed by atoms with van der Waals surface area (Å²) in [6.45, 7) is 2.18. The van der Waals surface area contributed by atoms with Gasteiger partial charge in [0.15, 0.2) is 0 Å². The summed E-state index contributed by atoms with van der Waals surface area (Å²) in [6.07, 6.45) is 5.67. The number of aliphatic hydroxyl groups is 1. The molecule has 0 saturated heterocycles. The molecule has 1 saturated carbocycles. The van der Waals surface area contributed by atoms with Crippen molar-refractivity contribution < 1.29 is 5.11 Å². The second-order valence-electron chi connectivity index (χ2n) is 5.32. The molecule has 2 nitrogen and oxygen atoms in total. The molecule has 0 amide bonds. The van der Waals surface area contributed by atoms with E-state index in [1.54, 1.807) is 0 Å². The van der Waals surface area contributed by atoms with Gasteiger partial charge in [0.25, 0.3) is 0 Å². The lowest BCUT2D eigenvalue weighted by Crippen LogP contribution is -2.36. The summed E-state index contributed by atoms with van der Waals surface area (Å²) in [7, 11) is 0. The lowest BCUT2D eigenvalue weighted by molar-refractivity contribution is -0.00502. The average Bonchev–Trinajstić information content (AvgIpc) is 2.34. The second-order valence-corrected chi connectivity index (χ2v) is 5.32. The molecule has 0 radical (unpaired) electrons. The van der Waals surface area contributed by atoms with E-state index in [1.165, 1.54) is 5.56 Å². The third kappa shape index (κ3) is 2.88. The van der Waals surface area contributed by atoms with E-state index in [0.29, 0.717) is 0 Å². The monoisotopic (exact) mass is 233 g/mol. The molecule has 1 aromatic rings. The molecule has 1 aliphatic rings. The highest BCUT2D eigenvalue weighted by Gasteiger charge is 2.33. The summed E-state index contributed by atoms with van der Waals surface area (Å²) in [5.41, 5.74) is 7.67. The Morgan fingerprint density at radius 2 is 2.06 bits per heavy atom. The molecule has 0 aliphatic heterocycles. The Morgan fingerprint density at radius 1 is 1.35 bits per heavy atom. The van der Waals surface area contributed by atoms with Gasteiger partial charge in [0.2, 0.25) is 0 Å². The first-order valence-electron chi connectivity index (χ1n) is 6.71. The lowest BCUT2D eigenvalue weighted by atomic mass is 9.77. The smallest absolute Gasteiger partial charge is 0.0897 e. The fourth-order valence-corrected chi connectivity index (χ4v) is 2.71. The molecule has 1 fully saturated rings. The van der Waals surface area contributed by atoms with Crippen molar-refractivity contribution >= 4 is 0 Å². The molecule has 17 heavy (non-hydrogen) atoms. The molecule has 94 valence electrons. The van der Waals surface area contributed by atoms with Gasteiger partial charge in [-0.25, -0.2) is 0 Å². The number of hydrogen-bond donors (Lipinski definition) is 2. The van der Waals surface area contributed by atoms with E-state index in [2.05, 4.69) is 31.2 Å². The normalized spacial score (nSPS) is 29.2. The molecule has 0 unspecified atom stereocenters. The van der Waals surface area contributed by atoms with Crippen LogP contribution in [0.15, 0.2) is 24.3 Å². The van der Waals surface area contributed by atoms with Crippen LogP contribution >= 0.6 is 0 Å². The molecule has 0 aromatic heterocycles. The summed E-state index contributed by atoms with van der Waals surface area (Å²) in [6, 6.07) is 8.70. The third-order valence-corrected chi connectivity index (χ3v) is 3.86. The van der Waals surface area contributed by atoms with E-state index in [1.807, 2.05) is 0 Å². The average molecular weight is 233 g/mol. The van der Waals surface area contributed by atoms with Crippen LogP contribution < -0.4 is 5.73 Å². The molecule has 1 aromatic carbocycles. The molecule has 0 bridgehead atoms. The van der Waals surface area contributed by atoms with Crippen molar-refractivity contribution in [3.05, 3.63) is 35.4 Å². The maximum Gasteiger partial charge on any atom is 0.0897 e. The zero-order chi connectivity index (χ0) is 12.3. The van der Waals surface area contributed by atoms with Crippen LogP contribution in [0, 0.1) is 0 Å². The SMILES string of the molecule is CCCc1cccc(C2(O)CCC(N)CC2)c1. The van der Waals surface area contributed by atoms with Gasteiger partial charge in [-0.3, -0.25) is 0 Å². The van der Waals surface area contributed by atoms with Crippen molar-refractivity contribution in [2.45, 2.75) is 57.1 Å². The van der Waals surface area contributed by atoms with Crippen molar-refractivity contribution in [1.29, 1.82) is 0 Å². The molecule has 1 aliphatic carbocycles. The summed E-state index contributed by atoms with van der Waals surface area (Å²) in [5, 5.41) is 10.7. The summed E-state index contributed by atoms with van der Waals surface area (Å²) in [5.74, 6) is 0. The number of aryl methyl sites for hydroxylation is 1. The first kappa shape index (κ1) is 12.6. The standard InChI is InChI=1S/C15H23NO/c1-2-4-12-5-3-6-13(11-12)15(17)9-7-14(16)8-10-15/h3,5-6,11,14,17H,2,4,7-10,16H2,1H3.